The van der Waals surface area contributed by atoms with E-state index in [1.165, 1.54) is 17.0 Å². The molecule has 0 radical (unpaired) electrons. The van der Waals surface area contributed by atoms with Crippen molar-refractivity contribution < 1.29 is 18.7 Å². The fourth-order valence-electron chi connectivity index (χ4n) is 2.62. The van der Waals surface area contributed by atoms with Crippen molar-refractivity contribution in [2.24, 2.45) is 0 Å². The van der Waals surface area contributed by atoms with Gasteiger partial charge in [0.05, 0.1) is 0 Å². The first kappa shape index (κ1) is 21.4. The third-order valence-corrected chi connectivity index (χ3v) is 4.05. The van der Waals surface area contributed by atoms with E-state index in [9.17, 15) is 14.0 Å². The lowest BCUT2D eigenvalue weighted by atomic mass is 10.1. The van der Waals surface area contributed by atoms with Crippen molar-refractivity contribution in [2.45, 2.75) is 45.8 Å². The summed E-state index contributed by atoms with van der Waals surface area (Å²) < 4.78 is 19.1. The van der Waals surface area contributed by atoms with Gasteiger partial charge in [-0.2, -0.15) is 0 Å². The van der Waals surface area contributed by atoms with Gasteiger partial charge in [0.2, 0.25) is 5.91 Å². The Morgan fingerprint density at radius 1 is 1.07 bits per heavy atom. The highest BCUT2D eigenvalue weighted by molar-refractivity contribution is 5.88. The Balaban J connectivity index is 2.15. The van der Waals surface area contributed by atoms with Crippen molar-refractivity contribution in [3.05, 3.63) is 66.0 Å². The van der Waals surface area contributed by atoms with Gasteiger partial charge in [0.25, 0.3) is 5.91 Å². The molecule has 0 unspecified atom stereocenters. The average Bonchev–Trinajstić information content (AvgIpc) is 2.64. The van der Waals surface area contributed by atoms with Gasteiger partial charge in [0.1, 0.15) is 6.04 Å². The van der Waals surface area contributed by atoms with E-state index in [0.717, 1.165) is 5.56 Å². The molecule has 2 amide bonds. The number of halogens is 1. The smallest absolute Gasteiger partial charge is 0.261 e. The van der Waals surface area contributed by atoms with Crippen LogP contribution in [0.25, 0.3) is 0 Å². The zero-order valence-electron chi connectivity index (χ0n) is 16.7. The Bertz CT molecular complexity index is 803. The number of benzene rings is 2. The molecule has 5 nitrogen and oxygen atoms in total. The van der Waals surface area contributed by atoms with Gasteiger partial charge in [-0.15, -0.1) is 0 Å². The van der Waals surface area contributed by atoms with Crippen LogP contribution in [-0.4, -0.2) is 34.9 Å². The van der Waals surface area contributed by atoms with E-state index in [4.69, 9.17) is 4.74 Å². The molecular weight excluding hydrogens is 359 g/mol. The van der Waals surface area contributed by atoms with E-state index in [1.54, 1.807) is 19.1 Å². The highest BCUT2D eigenvalue weighted by Gasteiger charge is 2.28. The Kier molecular flexibility index (Phi) is 7.15. The summed E-state index contributed by atoms with van der Waals surface area (Å²) in [6.07, 6.45) is 0. The molecule has 2 rings (SSSR count). The van der Waals surface area contributed by atoms with Gasteiger partial charge in [-0.05, 0) is 45.4 Å². The Labute approximate surface area is 165 Å². The molecule has 0 aromatic heterocycles. The number of para-hydroxylation sites is 1. The zero-order chi connectivity index (χ0) is 20.7. The summed E-state index contributed by atoms with van der Waals surface area (Å²) in [6.45, 7) is 7.19. The van der Waals surface area contributed by atoms with E-state index < -0.39 is 23.3 Å². The van der Waals surface area contributed by atoms with Gasteiger partial charge in [-0.25, -0.2) is 4.39 Å². The van der Waals surface area contributed by atoms with Crippen LogP contribution in [0.4, 0.5) is 4.39 Å². The van der Waals surface area contributed by atoms with Gasteiger partial charge in [-0.3, -0.25) is 9.59 Å². The van der Waals surface area contributed by atoms with Gasteiger partial charge < -0.3 is 15.0 Å². The lowest BCUT2D eigenvalue weighted by molar-refractivity contribution is -0.142. The van der Waals surface area contributed by atoms with E-state index in [-0.39, 0.29) is 24.8 Å². The number of nitrogens with one attached hydrogen (secondary N) is 1. The molecule has 2 aromatic rings. The third kappa shape index (κ3) is 6.37. The summed E-state index contributed by atoms with van der Waals surface area (Å²) in [5.74, 6) is -1.20. The molecule has 0 bridgehead atoms. The van der Waals surface area contributed by atoms with E-state index in [0.29, 0.717) is 0 Å². The molecule has 6 heteroatoms. The Morgan fingerprint density at radius 2 is 1.68 bits per heavy atom. The normalized spacial score (nSPS) is 12.2. The summed E-state index contributed by atoms with van der Waals surface area (Å²) in [6, 6.07) is 14.6. The van der Waals surface area contributed by atoms with E-state index in [2.05, 4.69) is 5.32 Å². The molecule has 0 saturated carbocycles. The zero-order valence-corrected chi connectivity index (χ0v) is 16.7. The molecule has 28 heavy (non-hydrogen) atoms. The van der Waals surface area contributed by atoms with Crippen molar-refractivity contribution in [3.8, 4) is 5.75 Å². The maximum atomic E-state index is 13.7. The van der Waals surface area contributed by atoms with Gasteiger partial charge in [0, 0.05) is 12.1 Å². The van der Waals surface area contributed by atoms with Crippen LogP contribution in [0.1, 0.15) is 33.3 Å². The minimum absolute atomic E-state index is 0.00214. The Hall–Kier alpha value is -2.89. The molecule has 0 fully saturated rings. The topological polar surface area (TPSA) is 58.6 Å². The van der Waals surface area contributed by atoms with E-state index >= 15 is 0 Å². The first-order valence-corrected chi connectivity index (χ1v) is 9.20. The second-order valence-electron chi connectivity index (χ2n) is 7.64. The molecule has 1 atom stereocenters. The summed E-state index contributed by atoms with van der Waals surface area (Å²) in [4.78, 5) is 26.9. The largest absolute Gasteiger partial charge is 0.481 e. The highest BCUT2D eigenvalue weighted by Crippen LogP contribution is 2.16. The van der Waals surface area contributed by atoms with Gasteiger partial charge in [-0.1, -0.05) is 42.5 Å². The lowest BCUT2D eigenvalue weighted by Gasteiger charge is -2.31. The SMILES string of the molecule is C[C@@H](C(=O)NC(C)(C)C)N(Cc1ccccc1)C(=O)COc1ccccc1F. The van der Waals surface area contributed by atoms with Crippen LogP contribution in [-0.2, 0) is 16.1 Å². The first-order valence-electron chi connectivity index (χ1n) is 9.20. The number of hydrogen-bond acceptors (Lipinski definition) is 3. The van der Waals surface area contributed by atoms with Crippen LogP contribution in [0.3, 0.4) is 0 Å². The second kappa shape index (κ2) is 9.35. The fraction of sp³-hybridized carbons (Fsp3) is 0.364. The minimum atomic E-state index is -0.712. The van der Waals surface area contributed by atoms with Crippen molar-refractivity contribution in [1.29, 1.82) is 0 Å². The quantitative estimate of drug-likeness (QED) is 0.792. The van der Waals surface area contributed by atoms with Gasteiger partial charge >= 0.3 is 0 Å². The lowest BCUT2D eigenvalue weighted by Crippen LogP contribution is -2.53. The van der Waals surface area contributed by atoms with Crippen molar-refractivity contribution in [2.75, 3.05) is 6.61 Å². The van der Waals surface area contributed by atoms with E-state index in [1.807, 2.05) is 51.1 Å². The average molecular weight is 386 g/mol. The fourth-order valence-corrected chi connectivity index (χ4v) is 2.62. The number of rotatable bonds is 7. The molecule has 1 N–H and O–H groups in total. The maximum absolute atomic E-state index is 13.7. The molecule has 150 valence electrons. The van der Waals surface area contributed by atoms with Gasteiger partial charge in [0.15, 0.2) is 18.2 Å². The predicted octanol–water partition coefficient (Wildman–Crippen LogP) is 3.54. The summed E-state index contributed by atoms with van der Waals surface area (Å²) >= 11 is 0. The molecule has 0 heterocycles. The molecule has 0 aliphatic carbocycles. The van der Waals surface area contributed by atoms with Crippen molar-refractivity contribution in [1.82, 2.24) is 10.2 Å². The minimum Gasteiger partial charge on any atom is -0.481 e. The highest BCUT2D eigenvalue weighted by atomic mass is 19.1. The molecule has 2 aromatic carbocycles. The monoisotopic (exact) mass is 386 g/mol. The van der Waals surface area contributed by atoms with Crippen molar-refractivity contribution in [3.63, 3.8) is 0 Å². The maximum Gasteiger partial charge on any atom is 0.261 e. The molecule has 0 saturated heterocycles. The molecule has 0 spiro atoms. The number of nitrogens with zero attached hydrogens (tertiary/aromatic N) is 1. The van der Waals surface area contributed by atoms with Crippen LogP contribution in [0, 0.1) is 5.82 Å². The Morgan fingerprint density at radius 3 is 2.29 bits per heavy atom. The number of carbonyl (C=O) groups is 2. The summed E-state index contributed by atoms with van der Waals surface area (Å²) in [7, 11) is 0. The third-order valence-electron chi connectivity index (χ3n) is 4.05. The second-order valence-corrected chi connectivity index (χ2v) is 7.64. The van der Waals surface area contributed by atoms with Crippen LogP contribution in [0.2, 0.25) is 0 Å². The summed E-state index contributed by atoms with van der Waals surface area (Å²) in [5.41, 5.74) is 0.466. The number of ether oxygens (including phenoxy) is 1. The van der Waals surface area contributed by atoms with Crippen LogP contribution in [0.15, 0.2) is 54.6 Å². The molecule has 0 aliphatic heterocycles. The predicted molar refractivity (Wildman–Crippen MR) is 106 cm³/mol. The molecule has 0 aliphatic rings. The number of amides is 2. The number of carbonyl (C=O) groups excluding carboxylic acids is 2. The van der Waals surface area contributed by atoms with Crippen LogP contribution >= 0.6 is 0 Å². The van der Waals surface area contributed by atoms with Crippen molar-refractivity contribution >= 4 is 11.8 Å². The standard InChI is InChI=1S/C22H27FN2O3/c1-16(21(27)24-22(2,3)4)25(14-17-10-6-5-7-11-17)20(26)15-28-19-13-9-8-12-18(19)23/h5-13,16H,14-15H2,1-4H3,(H,24,27)/t16-/m0/s1. The van der Waals surface area contributed by atoms with Crippen LogP contribution < -0.4 is 10.1 Å². The first-order chi connectivity index (χ1) is 13.2. The van der Waals surface area contributed by atoms with Crippen LogP contribution in [0.5, 0.6) is 5.75 Å². The summed E-state index contributed by atoms with van der Waals surface area (Å²) in [5, 5.41) is 2.89. The molecular formula is C22H27FN2O3. The number of hydrogen-bond donors (Lipinski definition) is 1.